The van der Waals surface area contributed by atoms with E-state index in [2.05, 4.69) is 15.3 Å². The van der Waals surface area contributed by atoms with Gasteiger partial charge < -0.3 is 4.74 Å². The van der Waals surface area contributed by atoms with Gasteiger partial charge in [-0.3, -0.25) is 10.3 Å². The van der Waals surface area contributed by atoms with E-state index < -0.39 is 35.8 Å². The predicted octanol–water partition coefficient (Wildman–Crippen LogP) is 6.50. The highest BCUT2D eigenvalue weighted by Gasteiger charge is 2.39. The van der Waals surface area contributed by atoms with E-state index in [-0.39, 0.29) is 28.3 Å². The van der Waals surface area contributed by atoms with Crippen molar-refractivity contribution in [1.82, 2.24) is 9.97 Å². The number of fused-ring (bicyclic) bond motifs is 1. The van der Waals surface area contributed by atoms with Gasteiger partial charge in [-0.15, -0.1) is 0 Å². The minimum Gasteiger partial charge on any atom is -0.435 e. The molecule has 3 rings (SSSR count). The number of pyridine rings is 2. The molecule has 10 heteroatoms. The molecule has 2 atom stereocenters. The van der Waals surface area contributed by atoms with Crippen molar-refractivity contribution >= 4 is 11.9 Å². The molecule has 0 fully saturated rings. The molecular weight excluding hydrogens is 421 g/mol. The molecule has 0 aliphatic carbocycles. The van der Waals surface area contributed by atoms with Crippen molar-refractivity contribution in [2.75, 3.05) is 5.32 Å². The van der Waals surface area contributed by atoms with Gasteiger partial charge in [-0.2, -0.15) is 13.2 Å². The molecule has 2 aromatic heterocycles. The Hall–Kier alpha value is -2.78. The Balaban J connectivity index is 2.28. The molecule has 0 spiro atoms. The van der Waals surface area contributed by atoms with Crippen LogP contribution >= 0.6 is 0 Å². The number of hydrogen-bond acceptors (Lipinski definition) is 4. The van der Waals surface area contributed by atoms with Gasteiger partial charge in [-0.05, 0) is 31.0 Å². The van der Waals surface area contributed by atoms with E-state index in [4.69, 9.17) is 4.74 Å². The molecule has 0 saturated carbocycles. The van der Waals surface area contributed by atoms with Gasteiger partial charge in [0.25, 0.3) is 6.43 Å². The lowest BCUT2D eigenvalue weighted by atomic mass is 9.79. The van der Waals surface area contributed by atoms with Gasteiger partial charge >= 0.3 is 12.3 Å². The van der Waals surface area contributed by atoms with Crippen molar-refractivity contribution in [3.63, 3.8) is 0 Å². The third kappa shape index (κ3) is 4.47. The van der Waals surface area contributed by atoms with Gasteiger partial charge in [0.05, 0.1) is 16.8 Å². The average molecular weight is 443 g/mol. The molecule has 0 radical (unpaired) electrons. The van der Waals surface area contributed by atoms with Crippen molar-refractivity contribution in [1.29, 1.82) is 0 Å². The number of hydrogen-bond donors (Lipinski definition) is 1. The quantitative estimate of drug-likeness (QED) is 0.518. The van der Waals surface area contributed by atoms with Gasteiger partial charge in [-0.25, -0.2) is 18.6 Å². The summed E-state index contributed by atoms with van der Waals surface area (Å²) in [6, 6.07) is 3.13. The maximum atomic E-state index is 13.7. The fourth-order valence-electron chi connectivity index (χ4n) is 3.74. The third-order valence-electron chi connectivity index (χ3n) is 5.59. The average Bonchev–Trinajstić information content (AvgIpc) is 2.71. The Morgan fingerprint density at radius 1 is 1.23 bits per heavy atom. The maximum absolute atomic E-state index is 13.7. The summed E-state index contributed by atoms with van der Waals surface area (Å²) in [6.07, 6.45) is -7.74. The van der Waals surface area contributed by atoms with Crippen molar-refractivity contribution in [3.8, 4) is 11.3 Å². The Morgan fingerprint density at radius 3 is 2.52 bits per heavy atom. The summed E-state index contributed by atoms with van der Waals surface area (Å²) in [5.74, 6) is -0.188. The molecule has 2 unspecified atom stereocenters. The van der Waals surface area contributed by atoms with E-state index in [0.717, 1.165) is 18.6 Å². The molecule has 1 N–H and O–H groups in total. The number of alkyl halides is 5. The van der Waals surface area contributed by atoms with Crippen LogP contribution in [0.25, 0.3) is 11.3 Å². The zero-order valence-electron chi connectivity index (χ0n) is 17.2. The second-order valence-corrected chi connectivity index (χ2v) is 7.69. The van der Waals surface area contributed by atoms with Crippen LogP contribution in [0.1, 0.15) is 63.0 Å². The molecule has 1 aliphatic rings. The van der Waals surface area contributed by atoms with E-state index >= 15 is 0 Å². The standard InChI is InChI=1S/C21H22F5N3O2/c1-4-7-20(3,5-2)14-10-11(21(24,25)26)9-13(28-14)12-6-8-27-18-15(12)16(17(22)23)31-19(30)29-18/h6,8-10,16-17H,4-5,7H2,1-3H3,(H,27,29,30). The molecule has 0 saturated heterocycles. The SMILES string of the molecule is CCCC(C)(CC)c1cc(C(F)(F)F)cc(-c2ccnc3c2C(C(F)F)OC(=O)N3)n1. The van der Waals surface area contributed by atoms with E-state index in [1.54, 1.807) is 0 Å². The first kappa shape index (κ1) is 22.9. The molecule has 0 aromatic carbocycles. The van der Waals surface area contributed by atoms with Crippen LogP contribution in [0.4, 0.5) is 32.6 Å². The first-order valence-electron chi connectivity index (χ1n) is 9.85. The summed E-state index contributed by atoms with van der Waals surface area (Å²) in [4.78, 5) is 19.9. The molecule has 0 bridgehead atoms. The van der Waals surface area contributed by atoms with Crippen molar-refractivity contribution in [3.05, 3.63) is 41.2 Å². The van der Waals surface area contributed by atoms with E-state index in [0.29, 0.717) is 12.8 Å². The van der Waals surface area contributed by atoms with E-state index in [9.17, 15) is 26.7 Å². The van der Waals surface area contributed by atoms with Crippen LogP contribution in [0.2, 0.25) is 0 Å². The summed E-state index contributed by atoms with van der Waals surface area (Å²) in [5, 5.41) is 2.22. The Morgan fingerprint density at radius 2 is 1.94 bits per heavy atom. The van der Waals surface area contributed by atoms with Crippen LogP contribution in [0, 0.1) is 0 Å². The zero-order valence-corrected chi connectivity index (χ0v) is 17.2. The number of anilines is 1. The highest BCUT2D eigenvalue weighted by atomic mass is 19.4. The van der Waals surface area contributed by atoms with Gasteiger partial charge in [0.15, 0.2) is 6.10 Å². The number of aromatic nitrogens is 2. The lowest BCUT2D eigenvalue weighted by Crippen LogP contribution is -2.30. The molecule has 1 aliphatic heterocycles. The Kier molecular flexibility index (Phi) is 6.20. The summed E-state index contributed by atoms with van der Waals surface area (Å²) in [5.41, 5.74) is -1.68. The minimum atomic E-state index is -4.66. The molecular formula is C21H22F5N3O2. The van der Waals surface area contributed by atoms with Crippen LogP contribution in [0.15, 0.2) is 24.4 Å². The van der Waals surface area contributed by atoms with Crippen LogP contribution in [0.3, 0.4) is 0 Å². The van der Waals surface area contributed by atoms with Gasteiger partial charge in [0.1, 0.15) is 5.82 Å². The number of nitrogens with one attached hydrogen (secondary N) is 1. The zero-order chi connectivity index (χ0) is 23.0. The highest BCUT2D eigenvalue weighted by Crippen LogP contribution is 2.42. The highest BCUT2D eigenvalue weighted by molar-refractivity contribution is 5.89. The third-order valence-corrected chi connectivity index (χ3v) is 5.59. The van der Waals surface area contributed by atoms with E-state index in [1.165, 1.54) is 12.3 Å². The molecule has 168 valence electrons. The number of ether oxygens (including phenoxy) is 1. The van der Waals surface area contributed by atoms with Gasteiger partial charge in [0.2, 0.25) is 0 Å². The normalized spacial score (nSPS) is 18.2. The number of carbonyl (C=O) groups excluding carboxylic acids is 1. The van der Waals surface area contributed by atoms with Crippen LogP contribution < -0.4 is 5.32 Å². The second kappa shape index (κ2) is 8.39. The van der Waals surface area contributed by atoms with Gasteiger partial charge in [0, 0.05) is 22.9 Å². The Bertz CT molecular complexity index is 980. The fourth-order valence-corrected chi connectivity index (χ4v) is 3.74. The number of amides is 1. The monoisotopic (exact) mass is 443 g/mol. The number of nitrogens with zero attached hydrogens (tertiary/aromatic N) is 2. The smallest absolute Gasteiger partial charge is 0.416 e. The molecule has 2 aromatic rings. The van der Waals surface area contributed by atoms with Gasteiger partial charge in [-0.1, -0.05) is 27.2 Å². The minimum absolute atomic E-state index is 0.00222. The molecule has 1 amide bonds. The van der Waals surface area contributed by atoms with E-state index in [1.807, 2.05) is 20.8 Å². The first-order valence-corrected chi connectivity index (χ1v) is 9.85. The van der Waals surface area contributed by atoms with Crippen molar-refractivity contribution in [2.24, 2.45) is 0 Å². The maximum Gasteiger partial charge on any atom is 0.416 e. The second-order valence-electron chi connectivity index (χ2n) is 7.69. The summed E-state index contributed by atoms with van der Waals surface area (Å²) in [6.45, 7) is 5.62. The van der Waals surface area contributed by atoms with Crippen molar-refractivity contribution < 1.29 is 31.5 Å². The predicted molar refractivity (Wildman–Crippen MR) is 104 cm³/mol. The van der Waals surface area contributed by atoms with Crippen LogP contribution in [0.5, 0.6) is 0 Å². The summed E-state index contributed by atoms with van der Waals surface area (Å²) >= 11 is 0. The topological polar surface area (TPSA) is 64.1 Å². The summed E-state index contributed by atoms with van der Waals surface area (Å²) in [7, 11) is 0. The van der Waals surface area contributed by atoms with Crippen LogP contribution in [-0.2, 0) is 16.3 Å². The molecule has 3 heterocycles. The molecule has 5 nitrogen and oxygen atoms in total. The van der Waals surface area contributed by atoms with Crippen molar-refractivity contribution in [2.45, 2.75) is 64.2 Å². The first-order chi connectivity index (χ1) is 14.5. The number of halogens is 5. The lowest BCUT2D eigenvalue weighted by Gasteiger charge is -2.30. The Labute approximate surface area is 176 Å². The molecule has 31 heavy (non-hydrogen) atoms. The number of carbonyl (C=O) groups is 1. The number of rotatable bonds is 6. The number of cyclic esters (lactones) is 1. The van der Waals surface area contributed by atoms with Crippen LogP contribution in [-0.4, -0.2) is 22.5 Å². The fraction of sp³-hybridized carbons (Fsp3) is 0.476. The lowest BCUT2D eigenvalue weighted by molar-refractivity contribution is -0.137. The largest absolute Gasteiger partial charge is 0.435 e. The summed E-state index contributed by atoms with van der Waals surface area (Å²) < 4.78 is 73.0.